The number of hydrogen-bond acceptors (Lipinski definition) is 4. The van der Waals surface area contributed by atoms with Crippen molar-refractivity contribution in [3.63, 3.8) is 0 Å². The Labute approximate surface area is 83.8 Å². The van der Waals surface area contributed by atoms with Crippen LogP contribution in [-0.4, -0.2) is 11.6 Å². The zero-order valence-corrected chi connectivity index (χ0v) is 8.07. The zero-order chi connectivity index (χ0) is 10.2. The van der Waals surface area contributed by atoms with Gasteiger partial charge in [0.2, 0.25) is 5.88 Å². The summed E-state index contributed by atoms with van der Waals surface area (Å²) in [6.45, 7) is 4.28. The van der Waals surface area contributed by atoms with Gasteiger partial charge in [0.05, 0.1) is 6.61 Å². The second-order valence-corrected chi connectivity index (χ2v) is 2.78. The van der Waals surface area contributed by atoms with Crippen molar-refractivity contribution in [1.82, 2.24) is 4.98 Å². The number of ether oxygens (including phenoxy) is 1. The minimum Gasteiger partial charge on any atom is -0.478 e. The van der Waals surface area contributed by atoms with Crippen LogP contribution in [-0.2, 0) is 0 Å². The summed E-state index contributed by atoms with van der Waals surface area (Å²) >= 11 is 0. The molecule has 0 aliphatic carbocycles. The molecule has 1 rings (SSSR count). The molecule has 0 bridgehead atoms. The molecule has 0 amide bonds. The molecule has 0 atom stereocenters. The summed E-state index contributed by atoms with van der Waals surface area (Å²) in [5.74, 6) is 6.40. The Kier molecular flexibility index (Phi) is 4.50. The Morgan fingerprint density at radius 1 is 1.57 bits per heavy atom. The minimum absolute atomic E-state index is 0.588. The topological polar surface area (TPSA) is 60.2 Å². The van der Waals surface area contributed by atoms with Crippen LogP contribution in [0.4, 0.5) is 5.82 Å². The van der Waals surface area contributed by atoms with E-state index in [0.29, 0.717) is 18.3 Å². The van der Waals surface area contributed by atoms with Gasteiger partial charge in [-0.2, -0.15) is 4.98 Å². The van der Waals surface area contributed by atoms with E-state index in [9.17, 15) is 0 Å². The number of unbranched alkanes of at least 4 members (excludes halogenated alkanes) is 1. The normalized spacial score (nSPS) is 9.50. The molecule has 0 aromatic carbocycles. The maximum absolute atomic E-state index is 5.40. The Morgan fingerprint density at radius 2 is 2.43 bits per heavy atom. The molecule has 0 aliphatic rings. The van der Waals surface area contributed by atoms with E-state index >= 15 is 0 Å². The van der Waals surface area contributed by atoms with Crippen LogP contribution in [0.5, 0.6) is 5.88 Å². The van der Waals surface area contributed by atoms with Gasteiger partial charge in [0.1, 0.15) is 5.82 Å². The lowest BCUT2D eigenvalue weighted by Crippen LogP contribution is -2.09. The summed E-state index contributed by atoms with van der Waals surface area (Å²) in [6.07, 6.45) is 3.77. The van der Waals surface area contributed by atoms with Crippen LogP contribution in [0, 0.1) is 0 Å². The lowest BCUT2D eigenvalue weighted by atomic mass is 10.3. The molecule has 0 saturated heterocycles. The minimum atomic E-state index is 0.588. The molecular weight excluding hydrogens is 178 g/mol. The smallest absolute Gasteiger partial charge is 0.215 e. The summed E-state index contributed by atoms with van der Waals surface area (Å²) in [4.78, 5) is 4.10. The van der Waals surface area contributed by atoms with E-state index in [4.69, 9.17) is 10.6 Å². The molecule has 0 radical (unpaired) electrons. The van der Waals surface area contributed by atoms with Crippen molar-refractivity contribution in [3.05, 3.63) is 30.9 Å². The van der Waals surface area contributed by atoms with E-state index in [0.717, 1.165) is 12.8 Å². The second kappa shape index (κ2) is 5.99. The number of anilines is 1. The number of aromatic nitrogens is 1. The van der Waals surface area contributed by atoms with Gasteiger partial charge in [-0.05, 0) is 18.9 Å². The standard InChI is InChI=1S/C10H15N3O/c1-2-3-4-8-14-10-7-5-6-9(12-10)13-11/h2,5-7H,1,3-4,8,11H2,(H,12,13). The van der Waals surface area contributed by atoms with Crippen LogP contribution in [0.25, 0.3) is 0 Å². The first-order chi connectivity index (χ1) is 6.86. The fraction of sp³-hybridized carbons (Fsp3) is 0.300. The average molecular weight is 193 g/mol. The van der Waals surface area contributed by atoms with Crippen LogP contribution in [0.1, 0.15) is 12.8 Å². The number of nitrogens with one attached hydrogen (secondary N) is 1. The highest BCUT2D eigenvalue weighted by Gasteiger charge is 1.95. The van der Waals surface area contributed by atoms with Gasteiger partial charge in [0.15, 0.2) is 0 Å². The van der Waals surface area contributed by atoms with Gasteiger partial charge in [-0.15, -0.1) is 6.58 Å². The molecule has 14 heavy (non-hydrogen) atoms. The monoisotopic (exact) mass is 193 g/mol. The van der Waals surface area contributed by atoms with Crippen molar-refractivity contribution < 1.29 is 4.74 Å². The van der Waals surface area contributed by atoms with Crippen molar-refractivity contribution in [3.8, 4) is 5.88 Å². The number of allylic oxidation sites excluding steroid dienone is 1. The zero-order valence-electron chi connectivity index (χ0n) is 8.07. The van der Waals surface area contributed by atoms with Crippen molar-refractivity contribution in [2.45, 2.75) is 12.8 Å². The quantitative estimate of drug-likeness (QED) is 0.312. The molecular formula is C10H15N3O. The van der Waals surface area contributed by atoms with E-state index in [-0.39, 0.29) is 0 Å². The fourth-order valence-electron chi connectivity index (χ4n) is 0.980. The van der Waals surface area contributed by atoms with Crippen LogP contribution < -0.4 is 16.0 Å². The third-order valence-corrected chi connectivity index (χ3v) is 1.67. The number of rotatable bonds is 6. The van der Waals surface area contributed by atoms with Crippen molar-refractivity contribution in [1.29, 1.82) is 0 Å². The van der Waals surface area contributed by atoms with Crippen LogP contribution in [0.15, 0.2) is 30.9 Å². The number of pyridine rings is 1. The molecule has 3 N–H and O–H groups in total. The highest BCUT2D eigenvalue weighted by molar-refractivity contribution is 5.35. The molecule has 1 aromatic rings. The lowest BCUT2D eigenvalue weighted by Gasteiger charge is -2.05. The van der Waals surface area contributed by atoms with Crippen LogP contribution in [0.3, 0.4) is 0 Å². The molecule has 4 nitrogen and oxygen atoms in total. The number of nitrogens with zero attached hydrogens (tertiary/aromatic N) is 1. The molecule has 0 unspecified atom stereocenters. The summed E-state index contributed by atoms with van der Waals surface area (Å²) in [6, 6.07) is 5.41. The largest absolute Gasteiger partial charge is 0.478 e. The van der Waals surface area contributed by atoms with Gasteiger partial charge in [-0.25, -0.2) is 5.84 Å². The first kappa shape index (κ1) is 10.5. The van der Waals surface area contributed by atoms with Crippen LogP contribution in [0.2, 0.25) is 0 Å². The molecule has 1 heterocycles. The van der Waals surface area contributed by atoms with Gasteiger partial charge in [-0.3, -0.25) is 0 Å². The number of hydrogen-bond donors (Lipinski definition) is 2. The first-order valence-corrected chi connectivity index (χ1v) is 4.54. The molecule has 0 aliphatic heterocycles. The van der Waals surface area contributed by atoms with Crippen molar-refractivity contribution in [2.24, 2.45) is 5.84 Å². The Hall–Kier alpha value is -1.55. The second-order valence-electron chi connectivity index (χ2n) is 2.78. The summed E-state index contributed by atoms with van der Waals surface area (Å²) in [5, 5.41) is 0. The van der Waals surface area contributed by atoms with E-state index in [1.165, 1.54) is 0 Å². The van der Waals surface area contributed by atoms with Gasteiger partial charge in [-0.1, -0.05) is 12.1 Å². The average Bonchev–Trinajstić information content (AvgIpc) is 2.25. The SMILES string of the molecule is C=CCCCOc1cccc(NN)n1. The Bertz CT molecular complexity index is 288. The van der Waals surface area contributed by atoms with Gasteiger partial charge in [0, 0.05) is 6.07 Å². The number of hydrazine groups is 1. The molecule has 1 aromatic heterocycles. The summed E-state index contributed by atoms with van der Waals surface area (Å²) in [5.41, 5.74) is 2.46. The van der Waals surface area contributed by atoms with E-state index in [1.807, 2.05) is 12.1 Å². The fourth-order valence-corrected chi connectivity index (χ4v) is 0.980. The van der Waals surface area contributed by atoms with E-state index in [2.05, 4.69) is 17.0 Å². The Morgan fingerprint density at radius 3 is 3.14 bits per heavy atom. The van der Waals surface area contributed by atoms with E-state index < -0.39 is 0 Å². The number of nitrogens with two attached hydrogens (primary N) is 1. The molecule has 0 spiro atoms. The lowest BCUT2D eigenvalue weighted by molar-refractivity contribution is 0.301. The molecule has 76 valence electrons. The molecule has 4 heteroatoms. The summed E-state index contributed by atoms with van der Waals surface area (Å²) < 4.78 is 5.40. The molecule has 0 fully saturated rings. The van der Waals surface area contributed by atoms with Crippen molar-refractivity contribution >= 4 is 5.82 Å². The first-order valence-electron chi connectivity index (χ1n) is 4.54. The maximum atomic E-state index is 5.40. The highest BCUT2D eigenvalue weighted by Crippen LogP contribution is 2.10. The third-order valence-electron chi connectivity index (χ3n) is 1.67. The predicted octanol–water partition coefficient (Wildman–Crippen LogP) is 1.71. The maximum Gasteiger partial charge on any atom is 0.215 e. The van der Waals surface area contributed by atoms with Crippen molar-refractivity contribution in [2.75, 3.05) is 12.0 Å². The Balaban J connectivity index is 2.38. The highest BCUT2D eigenvalue weighted by atomic mass is 16.5. The molecule has 0 saturated carbocycles. The van der Waals surface area contributed by atoms with Gasteiger partial charge in [0.25, 0.3) is 0 Å². The summed E-state index contributed by atoms with van der Waals surface area (Å²) in [7, 11) is 0. The number of nitrogen functional groups attached to an aromatic ring is 1. The van der Waals surface area contributed by atoms with E-state index in [1.54, 1.807) is 12.1 Å². The van der Waals surface area contributed by atoms with Crippen LogP contribution >= 0.6 is 0 Å². The predicted molar refractivity (Wildman–Crippen MR) is 57.0 cm³/mol. The third kappa shape index (κ3) is 3.45. The van der Waals surface area contributed by atoms with Gasteiger partial charge >= 0.3 is 0 Å². The van der Waals surface area contributed by atoms with Gasteiger partial charge < -0.3 is 10.2 Å².